The predicted octanol–water partition coefficient (Wildman–Crippen LogP) is 5.40. The third-order valence-corrected chi connectivity index (χ3v) is 4.65. The quantitative estimate of drug-likeness (QED) is 0.687. The highest BCUT2D eigenvalue weighted by Gasteiger charge is 2.04. The number of hydrogen-bond acceptors (Lipinski definition) is 2. The molecule has 0 unspecified atom stereocenters. The van der Waals surface area contributed by atoms with E-state index in [1.54, 1.807) is 18.9 Å². The second-order valence-corrected chi connectivity index (χ2v) is 5.97. The zero-order valence-corrected chi connectivity index (χ0v) is 13.0. The number of benzene rings is 2. The van der Waals surface area contributed by atoms with Gasteiger partial charge in [-0.05, 0) is 45.8 Å². The number of hydrogen-bond donors (Lipinski definition) is 0. The molecule has 0 aliphatic heterocycles. The topological polar surface area (TPSA) is 9.23 Å². The van der Waals surface area contributed by atoms with Crippen molar-refractivity contribution in [2.75, 3.05) is 7.11 Å². The van der Waals surface area contributed by atoms with Crippen molar-refractivity contribution in [2.45, 2.75) is 10.6 Å². The number of methoxy groups -OCH3 is 1. The summed E-state index contributed by atoms with van der Waals surface area (Å²) in [5.74, 6) is 1.73. The normalized spacial score (nSPS) is 10.4. The van der Waals surface area contributed by atoms with Crippen LogP contribution in [-0.2, 0) is 5.75 Å². The molecule has 0 aliphatic rings. The molecule has 0 N–H and O–H groups in total. The van der Waals surface area contributed by atoms with Crippen molar-refractivity contribution in [1.82, 2.24) is 0 Å². The molecule has 0 fully saturated rings. The van der Waals surface area contributed by atoms with Crippen LogP contribution in [0.5, 0.6) is 5.75 Å². The van der Waals surface area contributed by atoms with Crippen LogP contribution in [0.15, 0.2) is 51.8 Å². The third kappa shape index (κ3) is 3.44. The Morgan fingerprint density at radius 1 is 1.22 bits per heavy atom. The second kappa shape index (κ2) is 6.50. The largest absolute Gasteiger partial charge is 0.496 e. The van der Waals surface area contributed by atoms with Gasteiger partial charge in [-0.15, -0.1) is 11.8 Å². The first-order valence-corrected chi connectivity index (χ1v) is 7.56. The predicted molar refractivity (Wildman–Crippen MR) is 81.7 cm³/mol. The van der Waals surface area contributed by atoms with Crippen molar-refractivity contribution < 1.29 is 4.74 Å². The minimum Gasteiger partial charge on any atom is -0.496 e. The lowest BCUT2D eigenvalue weighted by Gasteiger charge is -2.07. The van der Waals surface area contributed by atoms with Crippen LogP contribution >= 0.6 is 39.3 Å². The SMILES string of the molecule is COc1ccc(CSc2ccccc2Cl)cc1Br. The molecule has 0 saturated carbocycles. The molecule has 4 heteroatoms. The zero-order valence-electron chi connectivity index (χ0n) is 9.82. The van der Waals surface area contributed by atoms with Crippen molar-refractivity contribution in [3.05, 3.63) is 57.5 Å². The first kappa shape index (κ1) is 13.8. The fourth-order valence-corrected chi connectivity index (χ4v) is 3.29. The maximum absolute atomic E-state index is 6.12. The molecule has 0 spiro atoms. The van der Waals surface area contributed by atoms with E-state index in [0.717, 1.165) is 25.9 Å². The van der Waals surface area contributed by atoms with Gasteiger partial charge in [0, 0.05) is 10.6 Å². The summed E-state index contributed by atoms with van der Waals surface area (Å²) in [5.41, 5.74) is 1.23. The van der Waals surface area contributed by atoms with E-state index in [1.807, 2.05) is 30.3 Å². The molecule has 1 nitrogen and oxygen atoms in total. The Kier molecular flexibility index (Phi) is 4.98. The Morgan fingerprint density at radius 2 is 2.00 bits per heavy atom. The van der Waals surface area contributed by atoms with Crippen LogP contribution < -0.4 is 4.74 Å². The summed E-state index contributed by atoms with van der Waals surface area (Å²) in [4.78, 5) is 1.10. The Balaban J connectivity index is 2.07. The molecule has 2 aromatic rings. The van der Waals surface area contributed by atoms with E-state index in [2.05, 4.69) is 28.1 Å². The summed E-state index contributed by atoms with van der Waals surface area (Å²) in [6.07, 6.45) is 0. The van der Waals surface area contributed by atoms with Gasteiger partial charge in [0.15, 0.2) is 0 Å². The summed E-state index contributed by atoms with van der Waals surface area (Å²) in [6.45, 7) is 0. The van der Waals surface area contributed by atoms with E-state index in [-0.39, 0.29) is 0 Å². The van der Waals surface area contributed by atoms with Crippen molar-refractivity contribution in [3.63, 3.8) is 0 Å². The molecule has 0 aromatic heterocycles. The molecule has 0 aliphatic carbocycles. The van der Waals surface area contributed by atoms with Crippen LogP contribution in [0.1, 0.15) is 5.56 Å². The highest BCUT2D eigenvalue weighted by molar-refractivity contribution is 9.10. The van der Waals surface area contributed by atoms with E-state index < -0.39 is 0 Å². The zero-order chi connectivity index (χ0) is 13.0. The molecule has 0 amide bonds. The van der Waals surface area contributed by atoms with Gasteiger partial charge in [0.1, 0.15) is 5.75 Å². The molecular weight excluding hydrogens is 332 g/mol. The fraction of sp³-hybridized carbons (Fsp3) is 0.143. The average molecular weight is 344 g/mol. The molecule has 18 heavy (non-hydrogen) atoms. The molecule has 2 rings (SSSR count). The van der Waals surface area contributed by atoms with Crippen molar-refractivity contribution in [2.24, 2.45) is 0 Å². The van der Waals surface area contributed by atoms with Crippen LogP contribution in [0.25, 0.3) is 0 Å². The smallest absolute Gasteiger partial charge is 0.133 e. The molecule has 0 saturated heterocycles. The van der Waals surface area contributed by atoms with Crippen LogP contribution in [0.2, 0.25) is 5.02 Å². The summed E-state index contributed by atoms with van der Waals surface area (Å²) < 4.78 is 6.18. The number of thioether (sulfide) groups is 1. The van der Waals surface area contributed by atoms with Gasteiger partial charge < -0.3 is 4.74 Å². The lowest BCUT2D eigenvalue weighted by Crippen LogP contribution is -1.87. The van der Waals surface area contributed by atoms with Crippen molar-refractivity contribution in [3.8, 4) is 5.75 Å². The summed E-state index contributed by atoms with van der Waals surface area (Å²) in [6, 6.07) is 14.0. The lowest BCUT2D eigenvalue weighted by molar-refractivity contribution is 0.412. The van der Waals surface area contributed by atoms with Crippen LogP contribution in [-0.4, -0.2) is 7.11 Å². The molecule has 0 heterocycles. The molecule has 0 bridgehead atoms. The van der Waals surface area contributed by atoms with Crippen LogP contribution in [0.4, 0.5) is 0 Å². The Morgan fingerprint density at radius 3 is 2.67 bits per heavy atom. The number of ether oxygens (including phenoxy) is 1. The molecule has 94 valence electrons. The van der Waals surface area contributed by atoms with Crippen molar-refractivity contribution in [1.29, 1.82) is 0 Å². The standard InChI is InChI=1S/C14H12BrClOS/c1-17-13-7-6-10(8-11(13)15)9-18-14-5-3-2-4-12(14)16/h2-8H,9H2,1H3. The monoisotopic (exact) mass is 342 g/mol. The lowest BCUT2D eigenvalue weighted by atomic mass is 10.2. The fourth-order valence-electron chi connectivity index (χ4n) is 1.52. The number of halogens is 2. The van der Waals surface area contributed by atoms with Gasteiger partial charge in [0.2, 0.25) is 0 Å². The van der Waals surface area contributed by atoms with Gasteiger partial charge in [-0.25, -0.2) is 0 Å². The van der Waals surface area contributed by atoms with Crippen LogP contribution in [0, 0.1) is 0 Å². The first-order valence-electron chi connectivity index (χ1n) is 5.40. The molecular formula is C14H12BrClOS. The first-order chi connectivity index (χ1) is 8.70. The van der Waals surface area contributed by atoms with E-state index in [0.29, 0.717) is 0 Å². The Bertz CT molecular complexity index is 545. The summed E-state index contributed by atoms with van der Waals surface area (Å²) in [5, 5.41) is 0.801. The molecule has 0 atom stereocenters. The van der Waals surface area contributed by atoms with E-state index in [4.69, 9.17) is 16.3 Å². The second-order valence-electron chi connectivity index (χ2n) is 3.69. The third-order valence-electron chi connectivity index (χ3n) is 2.45. The summed E-state index contributed by atoms with van der Waals surface area (Å²) >= 11 is 11.3. The maximum Gasteiger partial charge on any atom is 0.133 e. The van der Waals surface area contributed by atoms with Gasteiger partial charge in [-0.2, -0.15) is 0 Å². The van der Waals surface area contributed by atoms with E-state index in [1.165, 1.54) is 5.56 Å². The maximum atomic E-state index is 6.12. The van der Waals surface area contributed by atoms with E-state index >= 15 is 0 Å². The van der Waals surface area contributed by atoms with Gasteiger partial charge in [0.25, 0.3) is 0 Å². The Hall–Kier alpha value is -0.640. The van der Waals surface area contributed by atoms with Gasteiger partial charge in [-0.3, -0.25) is 0 Å². The number of rotatable bonds is 4. The van der Waals surface area contributed by atoms with Gasteiger partial charge >= 0.3 is 0 Å². The van der Waals surface area contributed by atoms with Gasteiger partial charge in [0.05, 0.1) is 16.6 Å². The van der Waals surface area contributed by atoms with Crippen LogP contribution in [0.3, 0.4) is 0 Å². The van der Waals surface area contributed by atoms with Crippen molar-refractivity contribution >= 4 is 39.3 Å². The minimum absolute atomic E-state index is 0.801. The van der Waals surface area contributed by atoms with Gasteiger partial charge in [-0.1, -0.05) is 29.8 Å². The summed E-state index contributed by atoms with van der Waals surface area (Å²) in [7, 11) is 1.66. The highest BCUT2D eigenvalue weighted by Crippen LogP contribution is 2.32. The van der Waals surface area contributed by atoms with E-state index in [9.17, 15) is 0 Å². The molecule has 2 aromatic carbocycles. The Labute approximate surface area is 125 Å². The highest BCUT2D eigenvalue weighted by atomic mass is 79.9. The molecule has 0 radical (unpaired) electrons. The average Bonchev–Trinajstić information content (AvgIpc) is 2.38. The minimum atomic E-state index is 0.801.